The minimum Gasteiger partial charge on any atom is -0.341 e. The van der Waals surface area contributed by atoms with E-state index in [-0.39, 0.29) is 5.91 Å². The number of rotatable bonds is 7. The number of amides is 1. The van der Waals surface area contributed by atoms with Crippen LogP contribution < -0.4 is 0 Å². The van der Waals surface area contributed by atoms with Crippen molar-refractivity contribution in [3.63, 3.8) is 0 Å². The molecule has 100 valence electrons. The molecule has 4 heteroatoms. The lowest BCUT2D eigenvalue weighted by atomic mass is 10.1. The second kappa shape index (κ2) is 8.54. The van der Waals surface area contributed by atoms with Crippen LogP contribution in [0.15, 0.2) is 28.7 Å². The van der Waals surface area contributed by atoms with E-state index in [1.54, 1.807) is 0 Å². The fraction of sp³-hybridized carbons (Fsp3) is 0.500. The molecule has 1 aromatic carbocycles. The SMILES string of the molecule is CCCCN(CCCl)C(=O)Cc1cccc(Br)c1. The Balaban J connectivity index is 2.60. The number of hydrogen-bond donors (Lipinski definition) is 0. The lowest BCUT2D eigenvalue weighted by Crippen LogP contribution is -2.34. The topological polar surface area (TPSA) is 20.3 Å². The minimum absolute atomic E-state index is 0.155. The molecule has 0 spiro atoms. The first-order valence-electron chi connectivity index (χ1n) is 6.25. The van der Waals surface area contributed by atoms with E-state index in [4.69, 9.17) is 11.6 Å². The predicted octanol–water partition coefficient (Wildman–Crippen LogP) is 3.86. The number of benzene rings is 1. The summed E-state index contributed by atoms with van der Waals surface area (Å²) in [5.74, 6) is 0.649. The van der Waals surface area contributed by atoms with Gasteiger partial charge >= 0.3 is 0 Å². The molecule has 1 aromatic rings. The molecule has 0 aliphatic heterocycles. The smallest absolute Gasteiger partial charge is 0.227 e. The third-order valence-electron chi connectivity index (χ3n) is 2.73. The molecule has 0 heterocycles. The molecular formula is C14H19BrClNO. The monoisotopic (exact) mass is 331 g/mol. The Morgan fingerprint density at radius 2 is 2.17 bits per heavy atom. The molecule has 0 unspecified atom stereocenters. The summed E-state index contributed by atoms with van der Waals surface area (Å²) < 4.78 is 1.00. The third-order valence-corrected chi connectivity index (χ3v) is 3.40. The van der Waals surface area contributed by atoms with Gasteiger partial charge < -0.3 is 4.90 Å². The van der Waals surface area contributed by atoms with E-state index in [0.29, 0.717) is 18.8 Å². The Morgan fingerprint density at radius 3 is 2.78 bits per heavy atom. The first-order chi connectivity index (χ1) is 8.67. The van der Waals surface area contributed by atoms with Gasteiger partial charge in [-0.2, -0.15) is 0 Å². The molecule has 18 heavy (non-hydrogen) atoms. The lowest BCUT2D eigenvalue weighted by Gasteiger charge is -2.21. The molecule has 0 radical (unpaired) electrons. The number of unbranched alkanes of at least 4 members (excludes halogenated alkanes) is 1. The molecule has 0 bridgehead atoms. The molecule has 1 rings (SSSR count). The average molecular weight is 333 g/mol. The van der Waals surface area contributed by atoms with Crippen molar-refractivity contribution in [1.82, 2.24) is 4.90 Å². The van der Waals surface area contributed by atoms with Crippen LogP contribution in [0.25, 0.3) is 0 Å². The van der Waals surface area contributed by atoms with E-state index in [9.17, 15) is 4.79 Å². The molecular weight excluding hydrogens is 314 g/mol. The van der Waals surface area contributed by atoms with Crippen LogP contribution in [0.1, 0.15) is 25.3 Å². The molecule has 1 amide bonds. The van der Waals surface area contributed by atoms with Gasteiger partial charge in [0.15, 0.2) is 0 Å². The van der Waals surface area contributed by atoms with Gasteiger partial charge in [-0.05, 0) is 24.1 Å². The number of alkyl halides is 1. The first kappa shape index (κ1) is 15.5. The highest BCUT2D eigenvalue weighted by Crippen LogP contribution is 2.13. The zero-order valence-electron chi connectivity index (χ0n) is 10.7. The molecule has 0 fully saturated rings. The maximum Gasteiger partial charge on any atom is 0.227 e. The van der Waals surface area contributed by atoms with Crippen molar-refractivity contribution in [3.05, 3.63) is 34.3 Å². The Kier molecular flexibility index (Phi) is 7.36. The number of hydrogen-bond acceptors (Lipinski definition) is 1. The van der Waals surface area contributed by atoms with Crippen molar-refractivity contribution >= 4 is 33.4 Å². The summed E-state index contributed by atoms with van der Waals surface area (Å²) >= 11 is 9.16. The van der Waals surface area contributed by atoms with Crippen molar-refractivity contribution in [2.45, 2.75) is 26.2 Å². The van der Waals surface area contributed by atoms with Gasteiger partial charge in [0.05, 0.1) is 6.42 Å². The van der Waals surface area contributed by atoms with E-state index in [2.05, 4.69) is 22.9 Å². The van der Waals surface area contributed by atoms with Crippen molar-refractivity contribution in [1.29, 1.82) is 0 Å². The largest absolute Gasteiger partial charge is 0.341 e. The number of halogens is 2. The van der Waals surface area contributed by atoms with Crippen LogP contribution in [0.4, 0.5) is 0 Å². The maximum absolute atomic E-state index is 12.2. The summed E-state index contributed by atoms with van der Waals surface area (Å²) in [6, 6.07) is 7.87. The van der Waals surface area contributed by atoms with Crippen LogP contribution in [0.3, 0.4) is 0 Å². The van der Waals surface area contributed by atoms with Crippen LogP contribution in [-0.4, -0.2) is 29.8 Å². The fourth-order valence-electron chi connectivity index (χ4n) is 1.75. The summed E-state index contributed by atoms with van der Waals surface area (Å²) in [5, 5.41) is 0. The molecule has 0 aliphatic carbocycles. The van der Waals surface area contributed by atoms with E-state index in [0.717, 1.165) is 29.4 Å². The van der Waals surface area contributed by atoms with Crippen LogP contribution in [0.2, 0.25) is 0 Å². The molecule has 0 aliphatic rings. The number of nitrogens with zero attached hydrogens (tertiary/aromatic N) is 1. The van der Waals surface area contributed by atoms with Crippen LogP contribution in [0, 0.1) is 0 Å². The normalized spacial score (nSPS) is 10.4. The van der Waals surface area contributed by atoms with E-state index in [1.807, 2.05) is 29.2 Å². The quantitative estimate of drug-likeness (QED) is 0.694. The predicted molar refractivity (Wildman–Crippen MR) is 80.1 cm³/mol. The molecule has 0 saturated carbocycles. The van der Waals surface area contributed by atoms with Gasteiger partial charge in [-0.15, -0.1) is 11.6 Å². The van der Waals surface area contributed by atoms with Crippen LogP contribution >= 0.6 is 27.5 Å². The Hall–Kier alpha value is -0.540. The van der Waals surface area contributed by atoms with Gasteiger partial charge in [0, 0.05) is 23.4 Å². The molecule has 0 atom stereocenters. The van der Waals surface area contributed by atoms with Gasteiger partial charge in [-0.25, -0.2) is 0 Å². The molecule has 0 aromatic heterocycles. The molecule has 0 N–H and O–H groups in total. The second-order valence-electron chi connectivity index (χ2n) is 4.23. The Labute approximate surface area is 122 Å². The number of carbonyl (C=O) groups excluding carboxylic acids is 1. The zero-order valence-corrected chi connectivity index (χ0v) is 13.0. The van der Waals surface area contributed by atoms with Crippen molar-refractivity contribution in [3.8, 4) is 0 Å². The summed E-state index contributed by atoms with van der Waals surface area (Å²) in [4.78, 5) is 14.0. The zero-order chi connectivity index (χ0) is 13.4. The second-order valence-corrected chi connectivity index (χ2v) is 5.52. The van der Waals surface area contributed by atoms with Gasteiger partial charge in [0.25, 0.3) is 0 Å². The summed E-state index contributed by atoms with van der Waals surface area (Å²) in [6.45, 7) is 3.56. The fourth-order valence-corrected chi connectivity index (χ4v) is 2.40. The van der Waals surface area contributed by atoms with E-state index < -0.39 is 0 Å². The standard InChI is InChI=1S/C14H19BrClNO/c1-2-3-8-17(9-7-16)14(18)11-12-5-4-6-13(15)10-12/h4-6,10H,2-3,7-9,11H2,1H3. The van der Waals surface area contributed by atoms with E-state index in [1.165, 1.54) is 0 Å². The maximum atomic E-state index is 12.2. The van der Waals surface area contributed by atoms with Gasteiger partial charge in [-0.1, -0.05) is 41.4 Å². The van der Waals surface area contributed by atoms with Crippen molar-refractivity contribution in [2.24, 2.45) is 0 Å². The van der Waals surface area contributed by atoms with Crippen LogP contribution in [-0.2, 0) is 11.2 Å². The van der Waals surface area contributed by atoms with Crippen molar-refractivity contribution in [2.75, 3.05) is 19.0 Å². The lowest BCUT2D eigenvalue weighted by molar-refractivity contribution is -0.130. The van der Waals surface area contributed by atoms with Crippen molar-refractivity contribution < 1.29 is 4.79 Å². The Bertz CT molecular complexity index is 384. The van der Waals surface area contributed by atoms with Gasteiger partial charge in [0.1, 0.15) is 0 Å². The minimum atomic E-state index is 0.155. The summed E-state index contributed by atoms with van der Waals surface area (Å²) in [5.41, 5.74) is 1.03. The average Bonchev–Trinajstić information content (AvgIpc) is 2.34. The number of carbonyl (C=O) groups is 1. The highest BCUT2D eigenvalue weighted by molar-refractivity contribution is 9.10. The third kappa shape index (κ3) is 5.40. The summed E-state index contributed by atoms with van der Waals surface area (Å²) in [7, 11) is 0. The van der Waals surface area contributed by atoms with Gasteiger partial charge in [-0.3, -0.25) is 4.79 Å². The Morgan fingerprint density at radius 1 is 1.39 bits per heavy atom. The van der Waals surface area contributed by atoms with Crippen LogP contribution in [0.5, 0.6) is 0 Å². The highest BCUT2D eigenvalue weighted by Gasteiger charge is 2.12. The molecule has 0 saturated heterocycles. The summed E-state index contributed by atoms with van der Waals surface area (Å²) in [6.07, 6.45) is 2.56. The molecule has 2 nitrogen and oxygen atoms in total. The first-order valence-corrected chi connectivity index (χ1v) is 7.58. The highest BCUT2D eigenvalue weighted by atomic mass is 79.9. The van der Waals surface area contributed by atoms with Gasteiger partial charge in [0.2, 0.25) is 5.91 Å². The van der Waals surface area contributed by atoms with E-state index >= 15 is 0 Å².